The maximum absolute atomic E-state index is 12.3. The molecule has 0 unspecified atom stereocenters. The van der Waals surface area contributed by atoms with E-state index in [2.05, 4.69) is 20.2 Å². The van der Waals surface area contributed by atoms with Crippen LogP contribution in [0.4, 0.5) is 0 Å². The summed E-state index contributed by atoms with van der Waals surface area (Å²) in [7, 11) is 1.35. The summed E-state index contributed by atoms with van der Waals surface area (Å²) in [5, 5.41) is 13.2. The van der Waals surface area contributed by atoms with Crippen LogP contribution in [-0.4, -0.2) is 55.7 Å². The van der Waals surface area contributed by atoms with Crippen LogP contribution >= 0.6 is 0 Å². The molecule has 144 valence electrons. The number of aliphatic hydroxyl groups is 1. The fourth-order valence-corrected chi connectivity index (χ4v) is 3.23. The Morgan fingerprint density at radius 3 is 2.96 bits per heavy atom. The summed E-state index contributed by atoms with van der Waals surface area (Å²) in [5.41, 5.74) is 0.250. The molecule has 9 nitrogen and oxygen atoms in total. The fraction of sp³-hybridized carbons (Fsp3) is 0.444. The average molecular weight is 373 g/mol. The molecule has 0 bridgehead atoms. The largest absolute Gasteiger partial charge is 0.390 e. The molecule has 1 saturated heterocycles. The molecule has 2 aromatic heterocycles. The lowest BCUT2D eigenvalue weighted by Crippen LogP contribution is -2.54. The zero-order chi connectivity index (χ0) is 19.4. The highest BCUT2D eigenvalue weighted by molar-refractivity contribution is 5.78. The molecule has 3 rings (SSSR count). The fourth-order valence-electron chi connectivity index (χ4n) is 3.23. The lowest BCUT2D eigenvalue weighted by atomic mass is 10.0. The molecular weight excluding hydrogens is 350 g/mol. The lowest BCUT2D eigenvalue weighted by Gasteiger charge is -2.36. The van der Waals surface area contributed by atoms with E-state index in [0.717, 1.165) is 16.7 Å². The molecule has 1 aliphatic rings. The number of carbonyl (C=O) groups is 1. The number of amides is 1. The monoisotopic (exact) mass is 373 g/mol. The molecular formula is C18H23N5O4. The zero-order valence-corrected chi connectivity index (χ0v) is 15.1. The quantitative estimate of drug-likeness (QED) is 0.603. The molecule has 9 heteroatoms. The van der Waals surface area contributed by atoms with Gasteiger partial charge in [0.25, 0.3) is 5.56 Å². The van der Waals surface area contributed by atoms with Crippen molar-refractivity contribution < 1.29 is 9.90 Å². The van der Waals surface area contributed by atoms with Crippen molar-refractivity contribution in [1.29, 1.82) is 0 Å². The van der Waals surface area contributed by atoms with Gasteiger partial charge >= 0.3 is 5.69 Å². The van der Waals surface area contributed by atoms with Crippen molar-refractivity contribution in [2.75, 3.05) is 13.1 Å². The summed E-state index contributed by atoms with van der Waals surface area (Å²) in [6.45, 7) is 1.87. The molecule has 2 atom stereocenters. The van der Waals surface area contributed by atoms with Crippen LogP contribution in [0.5, 0.6) is 0 Å². The Labute approximate surface area is 155 Å². The van der Waals surface area contributed by atoms with Crippen LogP contribution in [0, 0.1) is 0 Å². The van der Waals surface area contributed by atoms with Gasteiger partial charge < -0.3 is 15.4 Å². The Bertz CT molecular complexity index is 908. The maximum Gasteiger partial charge on any atom is 0.328 e. The normalized spacial score (nSPS) is 20.4. The van der Waals surface area contributed by atoms with Crippen LogP contribution < -0.4 is 16.6 Å². The van der Waals surface area contributed by atoms with Gasteiger partial charge in [0.05, 0.1) is 18.6 Å². The van der Waals surface area contributed by atoms with Crippen molar-refractivity contribution in [3.63, 3.8) is 0 Å². The number of hydrogen-bond donors (Lipinski definition) is 3. The number of piperidine rings is 1. The Morgan fingerprint density at radius 1 is 1.44 bits per heavy atom. The van der Waals surface area contributed by atoms with Gasteiger partial charge in [-0.15, -0.1) is 0 Å². The van der Waals surface area contributed by atoms with Crippen molar-refractivity contribution in [1.82, 2.24) is 24.8 Å². The maximum atomic E-state index is 12.3. The summed E-state index contributed by atoms with van der Waals surface area (Å²) in [6.07, 6.45) is 4.54. The minimum atomic E-state index is -0.696. The number of aliphatic hydroxyl groups excluding tert-OH is 1. The molecule has 1 aliphatic heterocycles. The number of β-amino-alcohol motifs (C(OH)–C–C–N with tert-alkyl or cyclic N) is 1. The van der Waals surface area contributed by atoms with Gasteiger partial charge in [0.2, 0.25) is 5.91 Å². The first-order valence-corrected chi connectivity index (χ1v) is 8.80. The van der Waals surface area contributed by atoms with Crippen molar-refractivity contribution in [2.24, 2.45) is 7.05 Å². The molecule has 1 amide bonds. The van der Waals surface area contributed by atoms with Crippen molar-refractivity contribution in [3.05, 3.63) is 62.7 Å². The predicted molar refractivity (Wildman–Crippen MR) is 98.1 cm³/mol. The third-order valence-corrected chi connectivity index (χ3v) is 4.75. The van der Waals surface area contributed by atoms with Crippen molar-refractivity contribution in [3.8, 4) is 0 Å². The van der Waals surface area contributed by atoms with Crippen molar-refractivity contribution in [2.45, 2.75) is 31.5 Å². The molecule has 1 fully saturated rings. The number of pyridine rings is 1. The number of likely N-dealkylation sites (tertiary alicyclic amines) is 1. The Balaban J connectivity index is 1.54. The summed E-state index contributed by atoms with van der Waals surface area (Å²) in [4.78, 5) is 44.2. The number of aromatic amines is 1. The van der Waals surface area contributed by atoms with E-state index in [9.17, 15) is 19.5 Å². The molecule has 0 aliphatic carbocycles. The smallest absolute Gasteiger partial charge is 0.328 e. The van der Waals surface area contributed by atoms with E-state index in [1.807, 2.05) is 12.1 Å². The first-order valence-electron chi connectivity index (χ1n) is 8.80. The molecule has 3 heterocycles. The summed E-state index contributed by atoms with van der Waals surface area (Å²) < 4.78 is 0.925. The number of aromatic nitrogens is 3. The van der Waals surface area contributed by atoms with Crippen molar-refractivity contribution >= 4 is 5.91 Å². The van der Waals surface area contributed by atoms with E-state index in [0.29, 0.717) is 19.5 Å². The van der Waals surface area contributed by atoms with E-state index in [1.165, 1.54) is 13.2 Å². The summed E-state index contributed by atoms with van der Waals surface area (Å²) >= 11 is 0. The molecule has 0 saturated carbocycles. The number of H-pyrrole nitrogens is 1. The third-order valence-electron chi connectivity index (χ3n) is 4.75. The second-order valence-corrected chi connectivity index (χ2v) is 6.79. The highest BCUT2D eigenvalue weighted by atomic mass is 16.3. The molecule has 2 aromatic rings. The third kappa shape index (κ3) is 4.69. The summed E-state index contributed by atoms with van der Waals surface area (Å²) in [5.74, 6) is -0.357. The first kappa shape index (κ1) is 19.0. The highest BCUT2D eigenvalue weighted by Gasteiger charge is 2.29. The highest BCUT2D eigenvalue weighted by Crippen LogP contribution is 2.14. The van der Waals surface area contributed by atoms with E-state index in [-0.39, 0.29) is 23.9 Å². The van der Waals surface area contributed by atoms with Gasteiger partial charge in [0.15, 0.2) is 0 Å². The Morgan fingerprint density at radius 2 is 2.26 bits per heavy atom. The summed E-state index contributed by atoms with van der Waals surface area (Å²) in [6, 6.07) is 3.49. The van der Waals surface area contributed by atoms with Gasteiger partial charge in [-0.25, -0.2) is 4.79 Å². The standard InChI is InChI=1S/C18H23N5O4/c1-22-17(26)13(9-20-18(22)27)7-16(25)21-14-4-6-23(11-15(14)24)10-12-3-2-5-19-8-12/h2-3,5,8-9,14-15,24H,4,6-7,10-11H2,1H3,(H,20,27)(H,21,25)/t14-,15-/m1/s1. The Hall–Kier alpha value is -2.78. The number of rotatable bonds is 5. The van der Waals surface area contributed by atoms with Gasteiger partial charge in [-0.1, -0.05) is 6.07 Å². The van der Waals surface area contributed by atoms with Crippen LogP contribution in [-0.2, 0) is 24.8 Å². The lowest BCUT2D eigenvalue weighted by molar-refractivity contribution is -0.122. The average Bonchev–Trinajstić information content (AvgIpc) is 2.65. The second kappa shape index (κ2) is 8.28. The molecule has 3 N–H and O–H groups in total. The van der Waals surface area contributed by atoms with E-state index < -0.39 is 17.4 Å². The minimum Gasteiger partial charge on any atom is -0.390 e. The van der Waals surface area contributed by atoms with Gasteiger partial charge in [0.1, 0.15) is 0 Å². The predicted octanol–water partition coefficient (Wildman–Crippen LogP) is -1.24. The van der Waals surface area contributed by atoms with Gasteiger partial charge in [-0.2, -0.15) is 0 Å². The van der Waals surface area contributed by atoms with E-state index in [1.54, 1.807) is 12.4 Å². The van der Waals surface area contributed by atoms with Crippen LogP contribution in [0.25, 0.3) is 0 Å². The molecule has 0 spiro atoms. The Kier molecular flexibility index (Phi) is 5.82. The van der Waals surface area contributed by atoms with E-state index in [4.69, 9.17) is 0 Å². The first-order chi connectivity index (χ1) is 12.9. The SMILES string of the molecule is Cn1c(=O)[nH]cc(CC(=O)N[C@@H]2CCN(Cc3cccnc3)C[C@H]2O)c1=O. The van der Waals surface area contributed by atoms with Gasteiger partial charge in [-0.05, 0) is 18.1 Å². The number of nitrogens with zero attached hydrogens (tertiary/aromatic N) is 3. The van der Waals surface area contributed by atoms with Crippen LogP contribution in [0.1, 0.15) is 17.5 Å². The minimum absolute atomic E-state index is 0.147. The van der Waals surface area contributed by atoms with Gasteiger partial charge in [0, 0.05) is 50.8 Å². The van der Waals surface area contributed by atoms with E-state index >= 15 is 0 Å². The van der Waals surface area contributed by atoms with Crippen LogP contribution in [0.2, 0.25) is 0 Å². The number of carbonyl (C=O) groups excluding carboxylic acids is 1. The molecule has 0 aromatic carbocycles. The molecule has 27 heavy (non-hydrogen) atoms. The number of nitrogens with one attached hydrogen (secondary N) is 2. The van der Waals surface area contributed by atoms with Crippen LogP contribution in [0.15, 0.2) is 40.3 Å². The molecule has 0 radical (unpaired) electrons. The van der Waals surface area contributed by atoms with Gasteiger partial charge in [-0.3, -0.25) is 24.0 Å². The van der Waals surface area contributed by atoms with Crippen LogP contribution in [0.3, 0.4) is 0 Å². The second-order valence-electron chi connectivity index (χ2n) is 6.79. The number of hydrogen-bond acceptors (Lipinski definition) is 6. The zero-order valence-electron chi connectivity index (χ0n) is 15.1. The topological polar surface area (TPSA) is 120 Å².